The van der Waals surface area contributed by atoms with Crippen molar-refractivity contribution in [2.24, 2.45) is 0 Å². The van der Waals surface area contributed by atoms with Gasteiger partial charge in [0, 0.05) is 42.3 Å². The van der Waals surface area contributed by atoms with E-state index in [4.69, 9.17) is 0 Å². The van der Waals surface area contributed by atoms with Gasteiger partial charge >= 0.3 is 0 Å². The first-order chi connectivity index (χ1) is 17.0. The highest BCUT2D eigenvalue weighted by Crippen LogP contribution is 2.30. The molecule has 5 rings (SSSR count). The van der Waals surface area contributed by atoms with Crippen molar-refractivity contribution in [1.82, 2.24) is 25.6 Å². The van der Waals surface area contributed by atoms with Crippen LogP contribution in [0.1, 0.15) is 11.1 Å². The van der Waals surface area contributed by atoms with Gasteiger partial charge in [0.15, 0.2) is 0 Å². The number of rotatable bonds is 6. The molecule has 0 bridgehead atoms. The molecule has 2 aromatic heterocycles. The van der Waals surface area contributed by atoms with Crippen LogP contribution in [0.15, 0.2) is 59.8 Å². The fourth-order valence-corrected chi connectivity index (χ4v) is 4.68. The second-order valence-corrected chi connectivity index (χ2v) is 9.50. The lowest BCUT2D eigenvalue weighted by Gasteiger charge is -2.34. The van der Waals surface area contributed by atoms with Crippen molar-refractivity contribution in [3.63, 3.8) is 0 Å². The van der Waals surface area contributed by atoms with Crippen LogP contribution in [0.25, 0.3) is 22.3 Å². The summed E-state index contributed by atoms with van der Waals surface area (Å²) in [6.07, 6.45) is 3.56. The van der Waals surface area contributed by atoms with E-state index < -0.39 is 0 Å². The Balaban J connectivity index is 1.31. The molecule has 0 spiro atoms. The Morgan fingerprint density at radius 1 is 1.20 bits per heavy atom. The van der Waals surface area contributed by atoms with Crippen molar-refractivity contribution in [2.75, 3.05) is 30.8 Å². The van der Waals surface area contributed by atoms with Gasteiger partial charge in [-0.05, 0) is 48.6 Å². The average Bonchev–Trinajstić information content (AvgIpc) is 3.34. The second kappa shape index (κ2) is 10.1. The highest BCUT2D eigenvalue weighted by atomic mass is 32.2. The molecule has 1 aliphatic heterocycles. The van der Waals surface area contributed by atoms with Crippen LogP contribution in [0.2, 0.25) is 0 Å². The van der Waals surface area contributed by atoms with E-state index in [2.05, 4.69) is 42.6 Å². The van der Waals surface area contributed by atoms with Gasteiger partial charge in [-0.1, -0.05) is 24.3 Å². The molecule has 1 aliphatic rings. The number of aryl methyl sites for hydroxylation is 1. The minimum atomic E-state index is -0.358. The van der Waals surface area contributed by atoms with E-state index in [1.165, 1.54) is 17.3 Å². The zero-order chi connectivity index (χ0) is 24.4. The lowest BCUT2D eigenvalue weighted by molar-refractivity contribution is -0.123. The monoisotopic (exact) mass is 490 g/mol. The van der Waals surface area contributed by atoms with E-state index in [-0.39, 0.29) is 17.8 Å². The van der Waals surface area contributed by atoms with Crippen LogP contribution < -0.4 is 15.5 Å². The number of nitrogens with one attached hydrogen (secondary N) is 3. The summed E-state index contributed by atoms with van der Waals surface area (Å²) < 4.78 is 14.1. The molecule has 0 aliphatic carbocycles. The van der Waals surface area contributed by atoms with Crippen LogP contribution in [-0.4, -0.2) is 52.8 Å². The van der Waals surface area contributed by atoms with Crippen LogP contribution in [0.4, 0.5) is 10.2 Å². The van der Waals surface area contributed by atoms with Crippen molar-refractivity contribution in [3.05, 3.63) is 71.8 Å². The molecule has 1 fully saturated rings. The van der Waals surface area contributed by atoms with Crippen molar-refractivity contribution in [1.29, 1.82) is 0 Å². The molecule has 0 radical (unpaired) electrons. The standard InChI is InChI=1S/C26H27FN6OS/c1-16-3-6-18(11-21(16)27)22-12-20-24(32-22)30-15-31-25(20)33-10-9-28-23(14-33)26(34)29-13-17-4-7-19(35-2)8-5-17/h3-8,11-12,15,23,28H,9-10,13-14H2,1-2H3,(H,29,34)(H,30,31,32)/t23-/m0/s1. The second-order valence-electron chi connectivity index (χ2n) is 8.63. The largest absolute Gasteiger partial charge is 0.353 e. The van der Waals surface area contributed by atoms with E-state index in [0.717, 1.165) is 28.0 Å². The number of aromatic amines is 1. The van der Waals surface area contributed by atoms with Crippen LogP contribution in [0.5, 0.6) is 0 Å². The molecule has 2 aromatic carbocycles. The highest BCUT2D eigenvalue weighted by molar-refractivity contribution is 7.98. The Morgan fingerprint density at radius 3 is 2.80 bits per heavy atom. The van der Waals surface area contributed by atoms with Crippen LogP contribution in [0, 0.1) is 12.7 Å². The molecular weight excluding hydrogens is 463 g/mol. The van der Waals surface area contributed by atoms with Crippen molar-refractivity contribution in [3.8, 4) is 11.3 Å². The first kappa shape index (κ1) is 23.3. The summed E-state index contributed by atoms with van der Waals surface area (Å²) in [5, 5.41) is 7.20. The Morgan fingerprint density at radius 2 is 2.03 bits per heavy atom. The number of aromatic nitrogens is 3. The predicted molar refractivity (Wildman–Crippen MR) is 138 cm³/mol. The minimum Gasteiger partial charge on any atom is -0.353 e. The molecule has 1 saturated heterocycles. The van der Waals surface area contributed by atoms with Crippen LogP contribution in [0.3, 0.4) is 0 Å². The van der Waals surface area contributed by atoms with Gasteiger partial charge in [-0.25, -0.2) is 14.4 Å². The Bertz CT molecular complexity index is 1360. The number of piperazine rings is 1. The molecule has 1 amide bonds. The SMILES string of the molecule is CSc1ccc(CNC(=O)[C@@H]2CN(c3ncnc4[nH]c(-c5ccc(C)c(F)c5)cc34)CCN2)cc1. The van der Waals surface area contributed by atoms with Gasteiger partial charge in [-0.3, -0.25) is 4.79 Å². The van der Waals surface area contributed by atoms with Gasteiger partial charge in [-0.2, -0.15) is 0 Å². The zero-order valence-corrected chi connectivity index (χ0v) is 20.5. The van der Waals surface area contributed by atoms with Gasteiger partial charge in [-0.15, -0.1) is 11.8 Å². The summed E-state index contributed by atoms with van der Waals surface area (Å²) >= 11 is 1.69. The number of fused-ring (bicyclic) bond motifs is 1. The van der Waals surface area contributed by atoms with Gasteiger partial charge in [0.1, 0.15) is 29.7 Å². The summed E-state index contributed by atoms with van der Waals surface area (Å²) in [5.41, 5.74) is 3.87. The Labute approximate surface area is 207 Å². The molecule has 3 heterocycles. The maximum Gasteiger partial charge on any atom is 0.239 e. The number of amides is 1. The molecule has 4 aromatic rings. The molecule has 0 unspecified atom stereocenters. The summed E-state index contributed by atoms with van der Waals surface area (Å²) in [7, 11) is 0. The van der Waals surface area contributed by atoms with E-state index >= 15 is 0 Å². The number of hydrogen-bond acceptors (Lipinski definition) is 6. The quantitative estimate of drug-likeness (QED) is 0.356. The number of thioether (sulfide) groups is 1. The normalized spacial score (nSPS) is 16.0. The van der Waals surface area contributed by atoms with Crippen molar-refractivity contribution < 1.29 is 9.18 Å². The van der Waals surface area contributed by atoms with Crippen molar-refractivity contribution in [2.45, 2.75) is 24.4 Å². The summed E-state index contributed by atoms with van der Waals surface area (Å²) in [6.45, 7) is 4.09. The fraction of sp³-hybridized carbons (Fsp3) is 0.269. The highest BCUT2D eigenvalue weighted by Gasteiger charge is 2.27. The van der Waals surface area contributed by atoms with E-state index in [9.17, 15) is 9.18 Å². The van der Waals surface area contributed by atoms with Crippen molar-refractivity contribution >= 4 is 34.5 Å². The smallest absolute Gasteiger partial charge is 0.239 e. The zero-order valence-electron chi connectivity index (χ0n) is 19.6. The molecule has 1 atom stereocenters. The third-order valence-electron chi connectivity index (χ3n) is 6.30. The maximum absolute atomic E-state index is 14.1. The Hall–Kier alpha value is -3.43. The predicted octanol–water partition coefficient (Wildman–Crippen LogP) is 3.89. The van der Waals surface area contributed by atoms with Crippen LogP contribution >= 0.6 is 11.8 Å². The third kappa shape index (κ3) is 5.01. The molecule has 3 N–H and O–H groups in total. The number of hydrogen-bond donors (Lipinski definition) is 3. The third-order valence-corrected chi connectivity index (χ3v) is 7.05. The number of anilines is 1. The molecule has 35 heavy (non-hydrogen) atoms. The number of carbonyl (C=O) groups excluding carboxylic acids is 1. The maximum atomic E-state index is 14.1. The minimum absolute atomic E-state index is 0.0427. The number of carbonyl (C=O) groups is 1. The van der Waals surface area contributed by atoms with Crippen LogP contribution in [-0.2, 0) is 11.3 Å². The average molecular weight is 491 g/mol. The molecule has 0 saturated carbocycles. The van der Waals surface area contributed by atoms with Gasteiger partial charge in [0.05, 0.1) is 5.39 Å². The summed E-state index contributed by atoms with van der Waals surface area (Å²) in [5.74, 6) is 0.472. The lowest BCUT2D eigenvalue weighted by atomic mass is 10.1. The molecule has 9 heteroatoms. The lowest BCUT2D eigenvalue weighted by Crippen LogP contribution is -2.57. The number of H-pyrrole nitrogens is 1. The molecular formula is C26H27FN6OS. The fourth-order valence-electron chi connectivity index (χ4n) is 4.27. The van der Waals surface area contributed by atoms with E-state index in [0.29, 0.717) is 37.4 Å². The Kier molecular flexibility index (Phi) is 6.70. The number of nitrogens with zero attached hydrogens (tertiary/aromatic N) is 3. The number of halogens is 1. The van der Waals surface area contributed by atoms with Gasteiger partial charge in [0.25, 0.3) is 0 Å². The van der Waals surface area contributed by atoms with Gasteiger partial charge < -0.3 is 20.5 Å². The molecule has 180 valence electrons. The molecule has 7 nitrogen and oxygen atoms in total. The number of benzene rings is 2. The topological polar surface area (TPSA) is 85.9 Å². The first-order valence-corrected chi connectivity index (χ1v) is 12.7. The summed E-state index contributed by atoms with van der Waals surface area (Å²) in [4.78, 5) is 28.4. The van der Waals surface area contributed by atoms with E-state index in [1.807, 2.05) is 30.5 Å². The van der Waals surface area contributed by atoms with E-state index in [1.54, 1.807) is 24.8 Å². The van der Waals surface area contributed by atoms with Gasteiger partial charge in [0.2, 0.25) is 5.91 Å². The first-order valence-electron chi connectivity index (χ1n) is 11.5. The summed E-state index contributed by atoms with van der Waals surface area (Å²) in [6, 6.07) is 14.9.